The van der Waals surface area contributed by atoms with Crippen LogP contribution in [-0.4, -0.2) is 24.1 Å². The number of anilines is 1. The van der Waals surface area contributed by atoms with E-state index in [2.05, 4.69) is 11.9 Å². The molecule has 5 nitrogen and oxygen atoms in total. The second kappa shape index (κ2) is 4.97. The van der Waals surface area contributed by atoms with Crippen molar-refractivity contribution in [2.24, 2.45) is 0 Å². The monoisotopic (exact) mass is 221 g/mol. The number of methoxy groups -OCH3 is 1. The number of carboxylic acids is 1. The fourth-order valence-corrected chi connectivity index (χ4v) is 1.12. The van der Waals surface area contributed by atoms with Gasteiger partial charge in [0, 0.05) is 0 Å². The zero-order valence-corrected chi connectivity index (χ0v) is 8.69. The van der Waals surface area contributed by atoms with Crippen LogP contribution in [0.15, 0.2) is 30.9 Å². The van der Waals surface area contributed by atoms with Crippen LogP contribution in [0.2, 0.25) is 0 Å². The molecule has 0 atom stereocenters. The summed E-state index contributed by atoms with van der Waals surface area (Å²) in [6.07, 6.45) is 1.09. The van der Waals surface area contributed by atoms with Crippen molar-refractivity contribution in [3.63, 3.8) is 0 Å². The molecule has 84 valence electrons. The quantitative estimate of drug-likeness (QED) is 0.756. The number of hydrogen-bond donors (Lipinski definition) is 2. The van der Waals surface area contributed by atoms with E-state index in [4.69, 9.17) is 9.84 Å². The summed E-state index contributed by atoms with van der Waals surface area (Å²) in [6.45, 7) is 3.30. The number of rotatable bonds is 4. The van der Waals surface area contributed by atoms with Crippen LogP contribution < -0.4 is 10.1 Å². The fourth-order valence-electron chi connectivity index (χ4n) is 1.12. The molecular formula is C11H11NO4. The smallest absolute Gasteiger partial charge is 0.335 e. The van der Waals surface area contributed by atoms with Crippen LogP contribution in [-0.2, 0) is 4.79 Å². The fraction of sp³-hybridized carbons (Fsp3) is 0.0909. The lowest BCUT2D eigenvalue weighted by molar-refractivity contribution is -0.111. The molecule has 0 radical (unpaired) electrons. The number of ether oxygens (including phenoxy) is 1. The van der Waals surface area contributed by atoms with Gasteiger partial charge in [0.15, 0.2) is 0 Å². The Hall–Kier alpha value is -2.30. The number of aromatic carboxylic acids is 1. The van der Waals surface area contributed by atoms with Gasteiger partial charge in [-0.2, -0.15) is 0 Å². The summed E-state index contributed by atoms with van der Waals surface area (Å²) in [5.41, 5.74) is 0.368. The molecule has 5 heteroatoms. The summed E-state index contributed by atoms with van der Waals surface area (Å²) in [6, 6.07) is 4.19. The Kier molecular flexibility index (Phi) is 3.66. The van der Waals surface area contributed by atoms with Gasteiger partial charge in [-0.1, -0.05) is 6.58 Å². The predicted molar refractivity (Wildman–Crippen MR) is 58.8 cm³/mol. The van der Waals surface area contributed by atoms with Gasteiger partial charge in [-0.05, 0) is 24.3 Å². The third kappa shape index (κ3) is 2.60. The normalized spacial score (nSPS) is 9.31. The highest BCUT2D eigenvalue weighted by atomic mass is 16.5. The summed E-state index contributed by atoms with van der Waals surface area (Å²) in [5, 5.41) is 11.3. The van der Waals surface area contributed by atoms with Crippen molar-refractivity contribution in [3.8, 4) is 5.75 Å². The minimum Gasteiger partial charge on any atom is -0.495 e. The van der Waals surface area contributed by atoms with Crippen LogP contribution in [0.4, 0.5) is 5.69 Å². The summed E-state index contributed by atoms with van der Waals surface area (Å²) in [4.78, 5) is 21.8. The van der Waals surface area contributed by atoms with E-state index in [1.54, 1.807) is 0 Å². The molecule has 1 amide bonds. The van der Waals surface area contributed by atoms with Crippen molar-refractivity contribution in [1.29, 1.82) is 0 Å². The zero-order chi connectivity index (χ0) is 12.1. The number of hydrogen-bond acceptors (Lipinski definition) is 3. The standard InChI is InChI=1S/C11H11NO4/c1-3-10(13)12-8-6-7(11(14)15)4-5-9(8)16-2/h3-6H,1H2,2H3,(H,12,13)(H,14,15). The maximum atomic E-state index is 11.1. The number of carbonyl (C=O) groups excluding carboxylic acids is 1. The van der Waals surface area contributed by atoms with Crippen LogP contribution in [0.1, 0.15) is 10.4 Å². The van der Waals surface area contributed by atoms with Gasteiger partial charge in [0.2, 0.25) is 5.91 Å². The van der Waals surface area contributed by atoms with Gasteiger partial charge in [0.1, 0.15) is 5.75 Å². The SMILES string of the molecule is C=CC(=O)Nc1cc(C(=O)O)ccc1OC. The van der Waals surface area contributed by atoms with Crippen molar-refractivity contribution in [3.05, 3.63) is 36.4 Å². The number of nitrogens with one attached hydrogen (secondary N) is 1. The van der Waals surface area contributed by atoms with Crippen LogP contribution in [0.3, 0.4) is 0 Å². The molecule has 0 aliphatic carbocycles. The Morgan fingerprint density at radius 2 is 2.19 bits per heavy atom. The van der Waals surface area contributed by atoms with Crippen LogP contribution >= 0.6 is 0 Å². The maximum absolute atomic E-state index is 11.1. The van der Waals surface area contributed by atoms with E-state index in [9.17, 15) is 9.59 Å². The van der Waals surface area contributed by atoms with Crippen molar-refractivity contribution in [2.75, 3.05) is 12.4 Å². The number of amides is 1. The summed E-state index contributed by atoms with van der Waals surface area (Å²) in [7, 11) is 1.43. The minimum atomic E-state index is -1.07. The van der Waals surface area contributed by atoms with Crippen molar-refractivity contribution < 1.29 is 19.4 Å². The average molecular weight is 221 g/mol. The highest BCUT2D eigenvalue weighted by Crippen LogP contribution is 2.25. The molecule has 2 N–H and O–H groups in total. The molecule has 0 bridgehead atoms. The first-order chi connectivity index (χ1) is 7.58. The second-order valence-electron chi connectivity index (χ2n) is 2.91. The van der Waals surface area contributed by atoms with Crippen LogP contribution in [0, 0.1) is 0 Å². The molecule has 0 saturated heterocycles. The Morgan fingerprint density at radius 1 is 1.50 bits per heavy atom. The highest BCUT2D eigenvalue weighted by molar-refractivity contribution is 6.01. The molecule has 0 aromatic heterocycles. The van der Waals surface area contributed by atoms with Crippen LogP contribution in [0.5, 0.6) is 5.75 Å². The van der Waals surface area contributed by atoms with E-state index < -0.39 is 11.9 Å². The molecule has 0 aliphatic rings. The van der Waals surface area contributed by atoms with Gasteiger partial charge in [-0.25, -0.2) is 4.79 Å². The van der Waals surface area contributed by atoms with E-state index in [1.807, 2.05) is 0 Å². The lowest BCUT2D eigenvalue weighted by Crippen LogP contribution is -2.09. The Labute approximate surface area is 92.3 Å². The topological polar surface area (TPSA) is 75.6 Å². The maximum Gasteiger partial charge on any atom is 0.335 e. The third-order valence-corrected chi connectivity index (χ3v) is 1.89. The number of carbonyl (C=O) groups is 2. The number of benzene rings is 1. The van der Waals surface area contributed by atoms with E-state index >= 15 is 0 Å². The molecule has 0 fully saturated rings. The van der Waals surface area contributed by atoms with E-state index in [-0.39, 0.29) is 5.56 Å². The first-order valence-electron chi connectivity index (χ1n) is 4.43. The first-order valence-corrected chi connectivity index (χ1v) is 4.43. The van der Waals surface area contributed by atoms with Gasteiger partial charge < -0.3 is 15.2 Å². The first kappa shape index (κ1) is 11.8. The summed E-state index contributed by atoms with van der Waals surface area (Å²) < 4.78 is 4.98. The Morgan fingerprint density at radius 3 is 2.69 bits per heavy atom. The lowest BCUT2D eigenvalue weighted by atomic mass is 10.2. The molecule has 0 heterocycles. The average Bonchev–Trinajstić information content (AvgIpc) is 2.28. The molecular weight excluding hydrogens is 210 g/mol. The Bertz CT molecular complexity index is 440. The van der Waals surface area contributed by atoms with Gasteiger partial charge in [-0.3, -0.25) is 4.79 Å². The number of carboxylic acid groups (broad SMARTS) is 1. The molecule has 1 aromatic rings. The molecule has 1 rings (SSSR count). The van der Waals surface area contributed by atoms with Crippen LogP contribution in [0.25, 0.3) is 0 Å². The molecule has 0 saturated carbocycles. The Balaban J connectivity index is 3.11. The minimum absolute atomic E-state index is 0.0696. The molecule has 0 spiro atoms. The molecule has 1 aromatic carbocycles. The zero-order valence-electron chi connectivity index (χ0n) is 8.69. The van der Waals surface area contributed by atoms with Crippen molar-refractivity contribution in [1.82, 2.24) is 0 Å². The summed E-state index contributed by atoms with van der Waals surface area (Å²) >= 11 is 0. The molecule has 0 unspecified atom stereocenters. The van der Waals surface area contributed by atoms with E-state index in [0.717, 1.165) is 6.08 Å². The third-order valence-electron chi connectivity index (χ3n) is 1.89. The highest BCUT2D eigenvalue weighted by Gasteiger charge is 2.09. The lowest BCUT2D eigenvalue weighted by Gasteiger charge is -2.09. The van der Waals surface area contributed by atoms with E-state index in [0.29, 0.717) is 11.4 Å². The molecule has 16 heavy (non-hydrogen) atoms. The van der Waals surface area contributed by atoms with Gasteiger partial charge in [0.25, 0.3) is 0 Å². The van der Waals surface area contributed by atoms with E-state index in [1.165, 1.54) is 25.3 Å². The van der Waals surface area contributed by atoms with Gasteiger partial charge in [0.05, 0.1) is 18.4 Å². The van der Waals surface area contributed by atoms with Gasteiger partial charge >= 0.3 is 5.97 Å². The van der Waals surface area contributed by atoms with Gasteiger partial charge in [-0.15, -0.1) is 0 Å². The molecule has 0 aliphatic heterocycles. The van der Waals surface area contributed by atoms with Crippen molar-refractivity contribution >= 4 is 17.6 Å². The van der Waals surface area contributed by atoms with Crippen molar-refractivity contribution in [2.45, 2.75) is 0 Å². The second-order valence-corrected chi connectivity index (χ2v) is 2.91. The predicted octanol–water partition coefficient (Wildman–Crippen LogP) is 1.52. The summed E-state index contributed by atoms with van der Waals surface area (Å²) in [5.74, 6) is -1.11. The largest absolute Gasteiger partial charge is 0.495 e.